The molecule has 1 aliphatic carbocycles. The van der Waals surface area contributed by atoms with Gasteiger partial charge in [0, 0.05) is 16.5 Å². The standard InChI is InChI=1S/C19H14O2S/c20-18-15-9-5-4-6-13(15)10-11-16(18)19-21-17(12-22-19)14-7-2-1-3-8-14/h1-9,12H,10-11H2/b19-16-. The van der Waals surface area contributed by atoms with E-state index in [1.807, 2.05) is 60.0 Å². The average molecular weight is 306 g/mol. The summed E-state index contributed by atoms with van der Waals surface area (Å²) in [7, 11) is 0. The van der Waals surface area contributed by atoms with Gasteiger partial charge in [0.1, 0.15) is 5.76 Å². The molecule has 4 rings (SSSR count). The number of carbonyl (C=O) groups is 1. The minimum atomic E-state index is 0.104. The van der Waals surface area contributed by atoms with Crippen LogP contribution in [0.3, 0.4) is 0 Å². The second-order valence-electron chi connectivity index (χ2n) is 5.32. The van der Waals surface area contributed by atoms with Gasteiger partial charge in [0.25, 0.3) is 0 Å². The lowest BCUT2D eigenvalue weighted by Crippen LogP contribution is -2.15. The van der Waals surface area contributed by atoms with Crippen LogP contribution in [0.15, 0.2) is 70.7 Å². The molecule has 2 aromatic carbocycles. The zero-order chi connectivity index (χ0) is 14.9. The monoisotopic (exact) mass is 306 g/mol. The number of fused-ring (bicyclic) bond motifs is 1. The zero-order valence-electron chi connectivity index (χ0n) is 11.9. The second-order valence-corrected chi connectivity index (χ2v) is 6.16. The van der Waals surface area contributed by atoms with Crippen molar-refractivity contribution in [2.24, 2.45) is 0 Å². The van der Waals surface area contributed by atoms with Gasteiger partial charge in [-0.05, 0) is 18.4 Å². The topological polar surface area (TPSA) is 26.3 Å². The van der Waals surface area contributed by atoms with Crippen molar-refractivity contribution < 1.29 is 9.53 Å². The van der Waals surface area contributed by atoms with Gasteiger partial charge in [-0.25, -0.2) is 0 Å². The summed E-state index contributed by atoms with van der Waals surface area (Å²) < 4.78 is 5.96. The molecule has 0 saturated carbocycles. The van der Waals surface area contributed by atoms with E-state index in [2.05, 4.69) is 0 Å². The molecule has 0 bridgehead atoms. The molecule has 0 radical (unpaired) electrons. The van der Waals surface area contributed by atoms with Gasteiger partial charge in [-0.1, -0.05) is 66.4 Å². The van der Waals surface area contributed by atoms with Crippen LogP contribution in [0.25, 0.3) is 5.76 Å². The number of Topliss-reactive ketones (excluding diaryl/α,β-unsaturated/α-hetero) is 1. The Morgan fingerprint density at radius 1 is 0.909 bits per heavy atom. The molecule has 0 spiro atoms. The van der Waals surface area contributed by atoms with E-state index in [9.17, 15) is 4.79 Å². The van der Waals surface area contributed by atoms with Crippen LogP contribution in [0.5, 0.6) is 0 Å². The lowest BCUT2D eigenvalue weighted by molar-refractivity contribution is 0.102. The molecule has 0 fully saturated rings. The van der Waals surface area contributed by atoms with Crippen LogP contribution in [0.4, 0.5) is 0 Å². The molecule has 0 unspecified atom stereocenters. The van der Waals surface area contributed by atoms with Crippen molar-refractivity contribution in [3.8, 4) is 0 Å². The van der Waals surface area contributed by atoms with Crippen molar-refractivity contribution in [1.29, 1.82) is 0 Å². The Morgan fingerprint density at radius 2 is 1.68 bits per heavy atom. The largest absolute Gasteiger partial charge is 0.449 e. The number of hydrogen-bond donors (Lipinski definition) is 0. The lowest BCUT2D eigenvalue weighted by Gasteiger charge is -2.18. The molecule has 0 saturated heterocycles. The number of hydrogen-bond acceptors (Lipinski definition) is 3. The van der Waals surface area contributed by atoms with Gasteiger partial charge in [-0.2, -0.15) is 0 Å². The summed E-state index contributed by atoms with van der Waals surface area (Å²) >= 11 is 1.50. The summed E-state index contributed by atoms with van der Waals surface area (Å²) in [6, 6.07) is 17.8. The minimum absolute atomic E-state index is 0.104. The maximum atomic E-state index is 12.7. The first-order valence-electron chi connectivity index (χ1n) is 7.29. The van der Waals surface area contributed by atoms with Gasteiger partial charge in [0.15, 0.2) is 10.9 Å². The molecule has 2 nitrogen and oxygen atoms in total. The summed E-state index contributed by atoms with van der Waals surface area (Å²) in [4.78, 5) is 12.7. The SMILES string of the molecule is O=C1/C(=C2/OC(c3ccccc3)=CS2)CCc2ccccc21. The number of carbonyl (C=O) groups excluding carboxylic acids is 1. The minimum Gasteiger partial charge on any atom is -0.449 e. The summed E-state index contributed by atoms with van der Waals surface area (Å²) in [5, 5.41) is 2.71. The maximum Gasteiger partial charge on any atom is 0.193 e. The molecule has 0 amide bonds. The first-order valence-corrected chi connectivity index (χ1v) is 8.17. The van der Waals surface area contributed by atoms with E-state index in [0.29, 0.717) is 0 Å². The van der Waals surface area contributed by atoms with Gasteiger partial charge in [0.05, 0.1) is 5.57 Å². The van der Waals surface area contributed by atoms with Crippen LogP contribution >= 0.6 is 11.8 Å². The first-order chi connectivity index (χ1) is 10.8. The molecule has 1 aliphatic heterocycles. The van der Waals surface area contributed by atoms with Crippen molar-refractivity contribution in [3.63, 3.8) is 0 Å². The summed E-state index contributed by atoms with van der Waals surface area (Å²) in [6.45, 7) is 0. The Bertz CT molecular complexity index is 803. The van der Waals surface area contributed by atoms with E-state index in [1.54, 1.807) is 0 Å². The quantitative estimate of drug-likeness (QED) is 0.709. The van der Waals surface area contributed by atoms with Crippen LogP contribution in [0.1, 0.15) is 27.9 Å². The van der Waals surface area contributed by atoms with Gasteiger partial charge in [-0.15, -0.1) is 0 Å². The Morgan fingerprint density at radius 3 is 2.55 bits per heavy atom. The number of thioether (sulfide) groups is 1. The molecule has 2 aliphatic rings. The van der Waals surface area contributed by atoms with Crippen molar-refractivity contribution >= 4 is 23.3 Å². The maximum absolute atomic E-state index is 12.7. The molecule has 108 valence electrons. The van der Waals surface area contributed by atoms with Crippen LogP contribution in [-0.2, 0) is 11.2 Å². The predicted molar refractivity (Wildman–Crippen MR) is 89.2 cm³/mol. The predicted octanol–water partition coefficient (Wildman–Crippen LogP) is 4.79. The zero-order valence-corrected chi connectivity index (χ0v) is 12.7. The first kappa shape index (κ1) is 13.4. The van der Waals surface area contributed by atoms with E-state index >= 15 is 0 Å². The fraction of sp³-hybridized carbons (Fsp3) is 0.105. The van der Waals surface area contributed by atoms with E-state index in [-0.39, 0.29) is 5.78 Å². The van der Waals surface area contributed by atoms with Gasteiger partial charge in [-0.3, -0.25) is 4.79 Å². The number of allylic oxidation sites excluding steroid dienone is 1. The number of ketones is 1. The third kappa shape index (κ3) is 2.28. The van der Waals surface area contributed by atoms with Crippen molar-refractivity contribution in [1.82, 2.24) is 0 Å². The fourth-order valence-electron chi connectivity index (χ4n) is 2.81. The average Bonchev–Trinajstić information content (AvgIpc) is 3.06. The van der Waals surface area contributed by atoms with Crippen molar-refractivity contribution in [3.05, 3.63) is 87.4 Å². The highest BCUT2D eigenvalue weighted by Gasteiger charge is 2.28. The molecule has 0 atom stereocenters. The third-order valence-electron chi connectivity index (χ3n) is 3.96. The van der Waals surface area contributed by atoms with E-state index < -0.39 is 0 Å². The number of ether oxygens (including phenoxy) is 1. The highest BCUT2D eigenvalue weighted by molar-refractivity contribution is 8.06. The normalized spacial score (nSPS) is 20.4. The molecule has 0 aromatic heterocycles. The van der Waals surface area contributed by atoms with E-state index in [0.717, 1.165) is 46.0 Å². The number of benzene rings is 2. The fourth-order valence-corrected chi connectivity index (χ4v) is 3.68. The smallest absolute Gasteiger partial charge is 0.193 e. The Kier molecular flexibility index (Phi) is 3.35. The Hall–Kier alpha value is -2.26. The van der Waals surface area contributed by atoms with Crippen LogP contribution in [-0.4, -0.2) is 5.78 Å². The molecular weight excluding hydrogens is 292 g/mol. The van der Waals surface area contributed by atoms with Crippen molar-refractivity contribution in [2.75, 3.05) is 0 Å². The van der Waals surface area contributed by atoms with Gasteiger partial charge >= 0.3 is 0 Å². The number of rotatable bonds is 1. The molecular formula is C19H14O2S. The van der Waals surface area contributed by atoms with Crippen LogP contribution < -0.4 is 0 Å². The molecule has 0 N–H and O–H groups in total. The highest BCUT2D eigenvalue weighted by Crippen LogP contribution is 2.41. The lowest BCUT2D eigenvalue weighted by atomic mass is 9.87. The van der Waals surface area contributed by atoms with Crippen LogP contribution in [0, 0.1) is 0 Å². The second kappa shape index (κ2) is 5.50. The van der Waals surface area contributed by atoms with E-state index in [1.165, 1.54) is 11.8 Å². The third-order valence-corrected chi connectivity index (χ3v) is 4.84. The molecule has 22 heavy (non-hydrogen) atoms. The summed E-state index contributed by atoms with van der Waals surface area (Å²) in [5.41, 5.74) is 3.78. The Balaban J connectivity index is 1.64. The molecule has 2 aromatic rings. The molecule has 3 heteroatoms. The summed E-state index contributed by atoms with van der Waals surface area (Å²) in [5.74, 6) is 0.923. The van der Waals surface area contributed by atoms with Crippen LogP contribution in [0.2, 0.25) is 0 Å². The highest BCUT2D eigenvalue weighted by atomic mass is 32.2. The van der Waals surface area contributed by atoms with E-state index in [4.69, 9.17) is 4.74 Å². The number of aryl methyl sites for hydroxylation is 1. The van der Waals surface area contributed by atoms with Crippen molar-refractivity contribution in [2.45, 2.75) is 12.8 Å². The molecule has 1 heterocycles. The Labute approximate surface area is 133 Å². The summed E-state index contributed by atoms with van der Waals surface area (Å²) in [6.07, 6.45) is 1.64. The van der Waals surface area contributed by atoms with Gasteiger partial charge < -0.3 is 4.74 Å². The van der Waals surface area contributed by atoms with Gasteiger partial charge in [0.2, 0.25) is 0 Å².